The van der Waals surface area contributed by atoms with Crippen LogP contribution < -0.4 is 23.7 Å². The van der Waals surface area contributed by atoms with Gasteiger partial charge in [-0.05, 0) is 36.2 Å². The zero-order valence-corrected chi connectivity index (χ0v) is 15.8. The first kappa shape index (κ1) is 19.3. The van der Waals surface area contributed by atoms with Gasteiger partial charge in [0, 0.05) is 12.6 Å². The van der Waals surface area contributed by atoms with E-state index in [1.807, 2.05) is 0 Å². The molecule has 1 aliphatic rings. The van der Waals surface area contributed by atoms with Gasteiger partial charge in [0.25, 0.3) is 0 Å². The molecule has 0 radical (unpaired) electrons. The molecular weight excluding hydrogens is 374 g/mol. The number of nitrogens with one attached hydrogen (secondary N) is 1. The third-order valence-corrected chi connectivity index (χ3v) is 5.62. The Labute approximate surface area is 157 Å². The third-order valence-electron chi connectivity index (χ3n) is 4.16. The first-order valence-electron chi connectivity index (χ1n) is 8.24. The highest BCUT2D eigenvalue weighted by atomic mass is 32.2. The van der Waals surface area contributed by atoms with Crippen LogP contribution in [0.3, 0.4) is 0 Å². The molecule has 0 fully saturated rings. The Kier molecular flexibility index (Phi) is 5.73. The molecule has 0 bridgehead atoms. The molecule has 0 saturated heterocycles. The van der Waals surface area contributed by atoms with Gasteiger partial charge in [-0.15, -0.1) is 0 Å². The van der Waals surface area contributed by atoms with Crippen LogP contribution in [0.5, 0.6) is 23.0 Å². The van der Waals surface area contributed by atoms with Gasteiger partial charge in [0.05, 0.1) is 25.2 Å². The molecule has 2 N–H and O–H groups in total. The minimum absolute atomic E-state index is 0.0534. The summed E-state index contributed by atoms with van der Waals surface area (Å²) in [4.78, 5) is 0.0534. The van der Waals surface area contributed by atoms with Crippen LogP contribution in [0.15, 0.2) is 41.3 Å². The van der Waals surface area contributed by atoms with Crippen LogP contribution in [0.2, 0.25) is 0 Å². The quantitative estimate of drug-likeness (QED) is 0.703. The van der Waals surface area contributed by atoms with E-state index in [2.05, 4.69) is 4.72 Å². The molecule has 2 aromatic carbocycles. The summed E-state index contributed by atoms with van der Waals surface area (Å²) in [6.07, 6.45) is -0.640. The summed E-state index contributed by atoms with van der Waals surface area (Å²) in [6.45, 7) is 0.215. The molecule has 2 aromatic rings. The Morgan fingerprint density at radius 2 is 1.81 bits per heavy atom. The summed E-state index contributed by atoms with van der Waals surface area (Å²) in [7, 11) is -0.839. The maximum atomic E-state index is 12.4. The van der Waals surface area contributed by atoms with Crippen LogP contribution in [0.4, 0.5) is 0 Å². The molecular formula is C18H21NO7S. The highest BCUT2D eigenvalue weighted by Gasteiger charge is 2.19. The van der Waals surface area contributed by atoms with Gasteiger partial charge in [-0.1, -0.05) is 6.07 Å². The number of hydrogen-bond donors (Lipinski definition) is 2. The number of aliphatic hydroxyl groups is 1. The van der Waals surface area contributed by atoms with E-state index >= 15 is 0 Å². The normalized spacial score (nSPS) is 14.0. The van der Waals surface area contributed by atoms with Crippen molar-refractivity contribution >= 4 is 10.0 Å². The predicted molar refractivity (Wildman–Crippen MR) is 96.9 cm³/mol. The molecule has 1 atom stereocenters. The van der Waals surface area contributed by atoms with Crippen molar-refractivity contribution in [2.24, 2.45) is 0 Å². The Hall–Kier alpha value is -2.49. The molecule has 1 aliphatic heterocycles. The molecule has 1 unspecified atom stereocenters. The molecule has 9 heteroatoms. The summed E-state index contributed by atoms with van der Waals surface area (Å²) in [5.74, 6) is 1.95. The number of rotatable bonds is 8. The van der Waals surface area contributed by atoms with Gasteiger partial charge in [-0.25, -0.2) is 13.1 Å². The average Bonchev–Trinajstić information content (AvgIpc) is 3.14. The lowest BCUT2D eigenvalue weighted by Gasteiger charge is -2.13. The number of sulfonamides is 1. The number of methoxy groups -OCH3 is 2. The largest absolute Gasteiger partial charge is 0.493 e. The van der Waals surface area contributed by atoms with E-state index in [-0.39, 0.29) is 24.7 Å². The lowest BCUT2D eigenvalue weighted by atomic mass is 10.1. The Balaban J connectivity index is 1.62. The Morgan fingerprint density at radius 1 is 1.07 bits per heavy atom. The van der Waals surface area contributed by atoms with E-state index in [0.29, 0.717) is 28.6 Å². The highest BCUT2D eigenvalue weighted by Crippen LogP contribution is 2.34. The van der Waals surface area contributed by atoms with E-state index in [4.69, 9.17) is 18.9 Å². The maximum absolute atomic E-state index is 12.4. The number of hydrogen-bond acceptors (Lipinski definition) is 7. The van der Waals surface area contributed by atoms with E-state index in [1.165, 1.54) is 32.4 Å². The average molecular weight is 395 g/mol. The number of benzene rings is 2. The van der Waals surface area contributed by atoms with E-state index < -0.39 is 16.1 Å². The molecule has 0 saturated carbocycles. The minimum Gasteiger partial charge on any atom is -0.493 e. The van der Waals surface area contributed by atoms with Gasteiger partial charge >= 0.3 is 0 Å². The van der Waals surface area contributed by atoms with E-state index in [9.17, 15) is 13.5 Å². The fourth-order valence-corrected chi connectivity index (χ4v) is 3.75. The zero-order valence-electron chi connectivity index (χ0n) is 15.0. The van der Waals surface area contributed by atoms with Crippen LogP contribution in [-0.4, -0.2) is 41.1 Å². The molecule has 0 aliphatic carbocycles. The van der Waals surface area contributed by atoms with Crippen molar-refractivity contribution in [2.75, 3.05) is 27.6 Å². The van der Waals surface area contributed by atoms with E-state index in [0.717, 1.165) is 0 Å². The van der Waals surface area contributed by atoms with Crippen molar-refractivity contribution in [3.8, 4) is 23.0 Å². The minimum atomic E-state index is -3.75. The third kappa shape index (κ3) is 4.26. The second kappa shape index (κ2) is 8.03. The van der Waals surface area contributed by atoms with Crippen LogP contribution in [0.25, 0.3) is 0 Å². The van der Waals surface area contributed by atoms with Crippen LogP contribution in [0, 0.1) is 0 Å². The van der Waals surface area contributed by atoms with Crippen molar-refractivity contribution in [3.63, 3.8) is 0 Å². The summed E-state index contributed by atoms with van der Waals surface area (Å²) in [6, 6.07) is 9.47. The van der Waals surface area contributed by atoms with Gasteiger partial charge < -0.3 is 24.1 Å². The van der Waals surface area contributed by atoms with Gasteiger partial charge in [-0.2, -0.15) is 0 Å². The molecule has 146 valence electrons. The fourth-order valence-electron chi connectivity index (χ4n) is 2.68. The first-order chi connectivity index (χ1) is 12.9. The molecule has 8 nitrogen and oxygen atoms in total. The van der Waals surface area contributed by atoms with Crippen molar-refractivity contribution in [1.82, 2.24) is 4.72 Å². The molecule has 0 spiro atoms. The predicted octanol–water partition coefficient (Wildman–Crippen LogP) is 1.83. The molecule has 0 aromatic heterocycles. The number of aliphatic hydroxyl groups excluding tert-OH is 1. The number of ether oxygens (including phenoxy) is 4. The molecule has 0 amide bonds. The van der Waals surface area contributed by atoms with Gasteiger partial charge in [0.2, 0.25) is 16.8 Å². The second-order valence-corrected chi connectivity index (χ2v) is 7.60. The van der Waals surface area contributed by atoms with Crippen LogP contribution in [-0.2, 0) is 10.0 Å². The standard InChI is InChI=1S/C18H21NO7S/c1-23-15-6-4-13(10-17(15)24-2)27(21,22)19-8-7-14(20)12-3-5-16-18(9-12)26-11-25-16/h3-6,9-10,14,19-20H,7-8,11H2,1-2H3. The summed E-state index contributed by atoms with van der Waals surface area (Å²) in [5, 5.41) is 10.3. The molecule has 1 heterocycles. The smallest absolute Gasteiger partial charge is 0.240 e. The summed E-state index contributed by atoms with van der Waals surface area (Å²) >= 11 is 0. The lowest BCUT2D eigenvalue weighted by Crippen LogP contribution is -2.26. The van der Waals surface area contributed by atoms with Gasteiger partial charge in [0.1, 0.15) is 0 Å². The second-order valence-electron chi connectivity index (χ2n) is 5.83. The van der Waals surface area contributed by atoms with Crippen LogP contribution in [0.1, 0.15) is 18.1 Å². The van der Waals surface area contributed by atoms with Crippen molar-refractivity contribution in [3.05, 3.63) is 42.0 Å². The van der Waals surface area contributed by atoms with E-state index in [1.54, 1.807) is 18.2 Å². The van der Waals surface area contributed by atoms with Crippen molar-refractivity contribution < 1.29 is 32.5 Å². The SMILES string of the molecule is COc1ccc(S(=O)(=O)NCCC(O)c2ccc3c(c2)OCO3)cc1OC. The lowest BCUT2D eigenvalue weighted by molar-refractivity contribution is 0.166. The Bertz CT molecular complexity index is 914. The van der Waals surface area contributed by atoms with Crippen molar-refractivity contribution in [1.29, 1.82) is 0 Å². The Morgan fingerprint density at radius 3 is 2.56 bits per heavy atom. The van der Waals surface area contributed by atoms with Gasteiger partial charge in [0.15, 0.2) is 23.0 Å². The van der Waals surface area contributed by atoms with Crippen LogP contribution >= 0.6 is 0 Å². The monoisotopic (exact) mass is 395 g/mol. The molecule has 27 heavy (non-hydrogen) atoms. The fraction of sp³-hybridized carbons (Fsp3) is 0.333. The van der Waals surface area contributed by atoms with Gasteiger partial charge in [-0.3, -0.25) is 0 Å². The van der Waals surface area contributed by atoms with Crippen molar-refractivity contribution in [2.45, 2.75) is 17.4 Å². The highest BCUT2D eigenvalue weighted by molar-refractivity contribution is 7.89. The first-order valence-corrected chi connectivity index (χ1v) is 9.72. The maximum Gasteiger partial charge on any atom is 0.240 e. The zero-order chi connectivity index (χ0) is 19.4. The summed E-state index contributed by atoms with van der Waals surface area (Å²) < 4.78 is 48.1. The topological polar surface area (TPSA) is 103 Å². The summed E-state index contributed by atoms with van der Waals surface area (Å²) in [5.41, 5.74) is 0.629. The number of fused-ring (bicyclic) bond motifs is 1. The molecule has 3 rings (SSSR count).